The summed E-state index contributed by atoms with van der Waals surface area (Å²) in [6, 6.07) is 24.2. The average molecular weight is 472 g/mol. The van der Waals surface area contributed by atoms with Gasteiger partial charge in [0.1, 0.15) is 4.90 Å². The third-order valence-corrected chi connectivity index (χ3v) is 7.07. The quantitative estimate of drug-likeness (QED) is 0.393. The molecule has 0 aliphatic carbocycles. The fourth-order valence-electron chi connectivity index (χ4n) is 3.27. The van der Waals surface area contributed by atoms with Crippen molar-refractivity contribution < 1.29 is 8.42 Å². The number of hydrogen-bond acceptors (Lipinski definition) is 3. The predicted molar refractivity (Wildman–Crippen MR) is 124 cm³/mol. The number of nitrogens with zero attached hydrogens (tertiary/aromatic N) is 2. The first kappa shape index (κ1) is 21.6. The Morgan fingerprint density at radius 1 is 0.839 bits per heavy atom. The lowest BCUT2D eigenvalue weighted by atomic mass is 10.1. The molecule has 0 bridgehead atoms. The molecule has 0 saturated carbocycles. The third-order valence-electron chi connectivity index (χ3n) is 4.71. The molecule has 0 radical (unpaired) electrons. The van der Waals surface area contributed by atoms with Gasteiger partial charge in [-0.25, -0.2) is 13.1 Å². The lowest BCUT2D eigenvalue weighted by Crippen LogP contribution is -2.24. The standard InChI is InChI=1S/C23H19Cl2N3O2S/c24-20-12-7-13-21(25)23(20)31(29,30)26-14-19-16-28(15-17-8-3-1-4-9-17)27-22(19)18-10-5-2-6-11-18/h1-13,16,26H,14-15H2. The molecule has 0 fully saturated rings. The van der Waals surface area contributed by atoms with E-state index in [1.165, 1.54) is 12.1 Å². The van der Waals surface area contributed by atoms with E-state index in [2.05, 4.69) is 4.72 Å². The summed E-state index contributed by atoms with van der Waals surface area (Å²) in [7, 11) is -3.92. The molecule has 1 N–H and O–H groups in total. The highest BCUT2D eigenvalue weighted by molar-refractivity contribution is 7.89. The number of aromatic nitrogens is 2. The van der Waals surface area contributed by atoms with Crippen LogP contribution in [0.1, 0.15) is 11.1 Å². The first-order chi connectivity index (χ1) is 14.9. The summed E-state index contributed by atoms with van der Waals surface area (Å²) in [5, 5.41) is 4.86. The number of sulfonamides is 1. The lowest BCUT2D eigenvalue weighted by Gasteiger charge is -2.10. The molecule has 0 saturated heterocycles. The van der Waals surface area contributed by atoms with Gasteiger partial charge in [-0.05, 0) is 17.7 Å². The number of benzene rings is 3. The fourth-order valence-corrected chi connectivity index (χ4v) is 5.41. The summed E-state index contributed by atoms with van der Waals surface area (Å²) >= 11 is 12.2. The van der Waals surface area contributed by atoms with E-state index < -0.39 is 10.0 Å². The second-order valence-electron chi connectivity index (χ2n) is 6.93. The Morgan fingerprint density at radius 3 is 2.10 bits per heavy atom. The van der Waals surface area contributed by atoms with Crippen molar-refractivity contribution in [3.63, 3.8) is 0 Å². The van der Waals surface area contributed by atoms with Crippen molar-refractivity contribution in [2.24, 2.45) is 0 Å². The highest BCUT2D eigenvalue weighted by Gasteiger charge is 2.22. The van der Waals surface area contributed by atoms with Crippen LogP contribution < -0.4 is 4.72 Å². The molecule has 158 valence electrons. The molecule has 5 nitrogen and oxygen atoms in total. The van der Waals surface area contributed by atoms with Gasteiger partial charge in [0.2, 0.25) is 10.0 Å². The third kappa shape index (κ3) is 4.99. The van der Waals surface area contributed by atoms with E-state index in [-0.39, 0.29) is 21.5 Å². The largest absolute Gasteiger partial charge is 0.267 e. The van der Waals surface area contributed by atoms with Crippen LogP contribution in [0.4, 0.5) is 0 Å². The molecule has 0 amide bonds. The zero-order valence-corrected chi connectivity index (χ0v) is 18.7. The first-order valence-electron chi connectivity index (χ1n) is 9.53. The smallest absolute Gasteiger partial charge is 0.243 e. The maximum Gasteiger partial charge on any atom is 0.243 e. The molecule has 3 aromatic carbocycles. The van der Waals surface area contributed by atoms with Gasteiger partial charge in [-0.1, -0.05) is 89.9 Å². The van der Waals surface area contributed by atoms with Gasteiger partial charge in [-0.15, -0.1) is 0 Å². The zero-order chi connectivity index (χ0) is 21.8. The minimum absolute atomic E-state index is 0.0445. The number of rotatable bonds is 7. The minimum Gasteiger partial charge on any atom is -0.267 e. The fraction of sp³-hybridized carbons (Fsp3) is 0.0870. The molecule has 0 aliphatic rings. The summed E-state index contributed by atoms with van der Waals surface area (Å²) in [4.78, 5) is -0.128. The molecular formula is C23H19Cl2N3O2S. The second kappa shape index (κ2) is 9.24. The molecule has 1 heterocycles. The average Bonchev–Trinajstić information content (AvgIpc) is 3.16. The van der Waals surface area contributed by atoms with E-state index in [1.807, 2.05) is 71.5 Å². The van der Waals surface area contributed by atoms with Gasteiger partial charge in [0.05, 0.1) is 22.3 Å². The van der Waals surface area contributed by atoms with Crippen molar-refractivity contribution in [1.29, 1.82) is 0 Å². The molecular weight excluding hydrogens is 453 g/mol. The Hall–Kier alpha value is -2.64. The van der Waals surface area contributed by atoms with Crippen LogP contribution in [0, 0.1) is 0 Å². The first-order valence-corrected chi connectivity index (χ1v) is 11.8. The second-order valence-corrected chi connectivity index (χ2v) is 9.45. The summed E-state index contributed by atoms with van der Waals surface area (Å²) in [5.74, 6) is 0. The van der Waals surface area contributed by atoms with E-state index in [0.29, 0.717) is 12.2 Å². The van der Waals surface area contributed by atoms with Crippen molar-refractivity contribution in [2.45, 2.75) is 18.0 Å². The molecule has 0 spiro atoms. The van der Waals surface area contributed by atoms with Crippen molar-refractivity contribution in [1.82, 2.24) is 14.5 Å². The van der Waals surface area contributed by atoms with Gasteiger partial charge < -0.3 is 0 Å². The van der Waals surface area contributed by atoms with E-state index in [1.54, 1.807) is 6.07 Å². The molecule has 0 unspecified atom stereocenters. The van der Waals surface area contributed by atoms with Gasteiger partial charge in [-0.2, -0.15) is 5.10 Å². The molecule has 0 atom stereocenters. The summed E-state index contributed by atoms with van der Waals surface area (Å²) in [5.41, 5.74) is 3.46. The summed E-state index contributed by atoms with van der Waals surface area (Å²) < 4.78 is 30.2. The Morgan fingerprint density at radius 2 is 1.45 bits per heavy atom. The number of halogens is 2. The summed E-state index contributed by atoms with van der Waals surface area (Å²) in [6.45, 7) is 0.618. The van der Waals surface area contributed by atoms with Crippen LogP contribution in [0.25, 0.3) is 11.3 Å². The van der Waals surface area contributed by atoms with Gasteiger partial charge >= 0.3 is 0 Å². The molecule has 4 aromatic rings. The summed E-state index contributed by atoms with van der Waals surface area (Å²) in [6.07, 6.45) is 1.85. The van der Waals surface area contributed by atoms with E-state index >= 15 is 0 Å². The van der Waals surface area contributed by atoms with Crippen LogP contribution in [0.2, 0.25) is 10.0 Å². The van der Waals surface area contributed by atoms with Crippen LogP contribution in [0.5, 0.6) is 0 Å². The van der Waals surface area contributed by atoms with Gasteiger partial charge in [-0.3, -0.25) is 4.68 Å². The Bertz CT molecular complexity index is 1270. The lowest BCUT2D eigenvalue weighted by molar-refractivity contribution is 0.581. The maximum atomic E-state index is 12.9. The highest BCUT2D eigenvalue weighted by atomic mass is 35.5. The van der Waals surface area contributed by atoms with Crippen LogP contribution in [0.15, 0.2) is 90.0 Å². The van der Waals surface area contributed by atoms with Gasteiger partial charge in [0.15, 0.2) is 0 Å². The van der Waals surface area contributed by atoms with Crippen LogP contribution in [-0.2, 0) is 23.1 Å². The van der Waals surface area contributed by atoms with Crippen molar-refractivity contribution >= 4 is 33.2 Å². The number of nitrogens with one attached hydrogen (secondary N) is 1. The Balaban J connectivity index is 1.65. The Kier molecular flexibility index (Phi) is 6.43. The molecule has 0 aliphatic heterocycles. The minimum atomic E-state index is -3.92. The van der Waals surface area contributed by atoms with Crippen LogP contribution in [0.3, 0.4) is 0 Å². The highest BCUT2D eigenvalue weighted by Crippen LogP contribution is 2.29. The molecule has 8 heteroatoms. The molecule has 1 aromatic heterocycles. The van der Waals surface area contributed by atoms with Crippen LogP contribution >= 0.6 is 23.2 Å². The van der Waals surface area contributed by atoms with Crippen molar-refractivity contribution in [3.8, 4) is 11.3 Å². The van der Waals surface area contributed by atoms with Gasteiger partial charge in [0.25, 0.3) is 0 Å². The predicted octanol–water partition coefficient (Wildman–Crippen LogP) is 5.38. The monoisotopic (exact) mass is 471 g/mol. The van der Waals surface area contributed by atoms with Crippen molar-refractivity contribution in [3.05, 3.63) is 106 Å². The normalized spacial score (nSPS) is 11.5. The molecule has 31 heavy (non-hydrogen) atoms. The van der Waals surface area contributed by atoms with E-state index in [0.717, 1.165) is 16.7 Å². The number of hydrogen-bond donors (Lipinski definition) is 1. The van der Waals surface area contributed by atoms with E-state index in [4.69, 9.17) is 28.3 Å². The van der Waals surface area contributed by atoms with E-state index in [9.17, 15) is 8.42 Å². The van der Waals surface area contributed by atoms with Crippen LogP contribution in [-0.4, -0.2) is 18.2 Å². The van der Waals surface area contributed by atoms with Gasteiger partial charge in [0, 0.05) is 23.9 Å². The zero-order valence-electron chi connectivity index (χ0n) is 16.4. The molecule has 4 rings (SSSR count). The Labute approximate surface area is 191 Å². The topological polar surface area (TPSA) is 64.0 Å². The SMILES string of the molecule is O=S(=O)(NCc1cn(Cc2ccccc2)nc1-c1ccccc1)c1c(Cl)cccc1Cl. The van der Waals surface area contributed by atoms with Crippen molar-refractivity contribution in [2.75, 3.05) is 0 Å². The maximum absolute atomic E-state index is 12.9.